The molecule has 11 heteroatoms. The zero-order valence-electron chi connectivity index (χ0n) is 15.6. The molecule has 1 atom stereocenters. The molecule has 4 rings (SSSR count). The van der Waals surface area contributed by atoms with Crippen molar-refractivity contribution in [3.05, 3.63) is 53.9 Å². The van der Waals surface area contributed by atoms with Crippen LogP contribution in [0.4, 0.5) is 19.1 Å². The van der Waals surface area contributed by atoms with Crippen molar-refractivity contribution in [2.24, 2.45) is 5.92 Å². The summed E-state index contributed by atoms with van der Waals surface area (Å²) in [6, 6.07) is 5.58. The average molecular weight is 418 g/mol. The van der Waals surface area contributed by atoms with Crippen LogP contribution in [0.2, 0.25) is 0 Å². The molecule has 0 bridgehead atoms. The van der Waals surface area contributed by atoms with E-state index in [9.17, 15) is 18.0 Å². The summed E-state index contributed by atoms with van der Waals surface area (Å²) in [6.07, 6.45) is 1.48. The van der Waals surface area contributed by atoms with Crippen LogP contribution in [0, 0.1) is 11.7 Å². The van der Waals surface area contributed by atoms with E-state index in [-0.39, 0.29) is 35.8 Å². The largest absolute Gasteiger partial charge is 0.415 e. The number of nitrogens with one attached hydrogen (secondary N) is 2. The van der Waals surface area contributed by atoms with Gasteiger partial charge in [0.05, 0.1) is 11.6 Å². The first-order valence-electron chi connectivity index (χ1n) is 9.24. The molecule has 0 radical (unpaired) electrons. The molecule has 1 unspecified atom stereocenters. The lowest BCUT2D eigenvalue weighted by Crippen LogP contribution is -2.33. The Morgan fingerprint density at radius 2 is 1.90 bits per heavy atom. The zero-order valence-corrected chi connectivity index (χ0v) is 15.6. The number of anilines is 1. The number of benzene rings is 1. The lowest BCUT2D eigenvalue weighted by Gasteiger charge is -2.20. The molecule has 8 nitrogen and oxygen atoms in total. The smallest absolute Gasteiger partial charge is 0.314 e. The van der Waals surface area contributed by atoms with Crippen LogP contribution in [0.3, 0.4) is 0 Å². The number of rotatable bonds is 8. The average Bonchev–Trinajstić information content (AvgIpc) is 3.48. The number of nitrogens with zero attached hydrogens (tertiary/aromatic N) is 4. The van der Waals surface area contributed by atoms with Crippen molar-refractivity contribution in [2.45, 2.75) is 25.3 Å². The predicted molar refractivity (Wildman–Crippen MR) is 98.8 cm³/mol. The van der Waals surface area contributed by atoms with Gasteiger partial charge in [-0.1, -0.05) is 18.2 Å². The number of carbonyl (C=O) groups is 1. The number of halogens is 3. The summed E-state index contributed by atoms with van der Waals surface area (Å²) in [5, 5.41) is 12.6. The van der Waals surface area contributed by atoms with Crippen LogP contribution in [0.15, 0.2) is 41.1 Å². The summed E-state index contributed by atoms with van der Waals surface area (Å²) in [6.45, 7) is 0.142. The first-order chi connectivity index (χ1) is 14.5. The summed E-state index contributed by atoms with van der Waals surface area (Å²) in [4.78, 5) is 20.2. The van der Waals surface area contributed by atoms with E-state index in [0.29, 0.717) is 5.56 Å². The van der Waals surface area contributed by atoms with E-state index in [0.717, 1.165) is 12.8 Å². The van der Waals surface area contributed by atoms with E-state index < -0.39 is 24.2 Å². The van der Waals surface area contributed by atoms with Crippen LogP contribution in [0.1, 0.15) is 36.8 Å². The standard InChI is InChI=1S/C19H17F3N6O2/c20-13-4-2-1-3-12(13)14(9-23-16(29)10-5-6-10)26-19-24-7-11(8-25-19)17-27-28-18(30-17)15(21)22/h1-4,7-8,10,14-15H,5-6,9H2,(H,23,29)(H,24,25,26). The van der Waals surface area contributed by atoms with Gasteiger partial charge in [0.15, 0.2) is 0 Å². The molecule has 1 aliphatic carbocycles. The maximum atomic E-state index is 14.3. The Morgan fingerprint density at radius 1 is 1.17 bits per heavy atom. The Hall–Kier alpha value is -3.50. The molecule has 3 aromatic rings. The number of aromatic nitrogens is 4. The van der Waals surface area contributed by atoms with Gasteiger partial charge in [0.1, 0.15) is 5.82 Å². The van der Waals surface area contributed by atoms with Gasteiger partial charge in [-0.2, -0.15) is 8.78 Å². The third-order valence-electron chi connectivity index (χ3n) is 4.54. The van der Waals surface area contributed by atoms with Crippen LogP contribution in [-0.2, 0) is 4.79 Å². The predicted octanol–water partition coefficient (Wildman–Crippen LogP) is 3.28. The summed E-state index contributed by atoms with van der Waals surface area (Å²) in [7, 11) is 0. The van der Waals surface area contributed by atoms with E-state index in [2.05, 4.69) is 30.8 Å². The van der Waals surface area contributed by atoms with Gasteiger partial charge in [-0.25, -0.2) is 14.4 Å². The molecule has 1 aromatic carbocycles. The molecule has 2 N–H and O–H groups in total. The summed E-state index contributed by atoms with van der Waals surface area (Å²) in [5.74, 6) is -1.26. The molecule has 156 valence electrons. The van der Waals surface area contributed by atoms with Crippen LogP contribution >= 0.6 is 0 Å². The van der Waals surface area contributed by atoms with E-state index in [1.54, 1.807) is 18.2 Å². The van der Waals surface area contributed by atoms with Crippen LogP contribution < -0.4 is 10.6 Å². The molecule has 2 aromatic heterocycles. The van der Waals surface area contributed by atoms with E-state index >= 15 is 0 Å². The molecule has 1 fully saturated rings. The number of amides is 1. The Labute approximate surface area is 168 Å². The second kappa shape index (κ2) is 8.47. The molecule has 0 aliphatic heterocycles. The first-order valence-corrected chi connectivity index (χ1v) is 9.24. The van der Waals surface area contributed by atoms with Crippen molar-refractivity contribution in [1.29, 1.82) is 0 Å². The van der Waals surface area contributed by atoms with Crippen molar-refractivity contribution in [1.82, 2.24) is 25.5 Å². The normalized spacial score (nSPS) is 14.5. The SMILES string of the molecule is O=C(NCC(Nc1ncc(-c2nnc(C(F)F)o2)cn1)c1ccccc1F)C1CC1. The Bertz CT molecular complexity index is 1020. The quantitative estimate of drug-likeness (QED) is 0.578. The van der Waals surface area contributed by atoms with Gasteiger partial charge in [0, 0.05) is 30.4 Å². The van der Waals surface area contributed by atoms with Gasteiger partial charge >= 0.3 is 6.43 Å². The molecule has 0 spiro atoms. The second-order valence-corrected chi connectivity index (χ2v) is 6.78. The number of carbonyl (C=O) groups excluding carboxylic acids is 1. The molecule has 30 heavy (non-hydrogen) atoms. The Morgan fingerprint density at radius 3 is 2.53 bits per heavy atom. The van der Waals surface area contributed by atoms with Gasteiger partial charge in [0.25, 0.3) is 11.8 Å². The highest BCUT2D eigenvalue weighted by molar-refractivity contribution is 5.80. The molecule has 2 heterocycles. The van der Waals surface area contributed by atoms with E-state index in [1.165, 1.54) is 18.5 Å². The van der Waals surface area contributed by atoms with E-state index in [1.807, 2.05) is 0 Å². The van der Waals surface area contributed by atoms with E-state index in [4.69, 9.17) is 4.42 Å². The Kier molecular flexibility index (Phi) is 5.59. The van der Waals surface area contributed by atoms with Gasteiger partial charge in [-0.05, 0) is 18.9 Å². The maximum Gasteiger partial charge on any atom is 0.314 e. The molecule has 1 saturated carbocycles. The minimum atomic E-state index is -2.87. The van der Waals surface area contributed by atoms with Crippen LogP contribution in [0.25, 0.3) is 11.5 Å². The lowest BCUT2D eigenvalue weighted by atomic mass is 10.1. The van der Waals surface area contributed by atoms with Crippen molar-refractivity contribution < 1.29 is 22.4 Å². The molecule has 1 aliphatic rings. The minimum absolute atomic E-state index is 0.0225. The van der Waals surface area contributed by atoms with Crippen molar-refractivity contribution in [2.75, 3.05) is 11.9 Å². The van der Waals surface area contributed by atoms with Crippen LogP contribution in [-0.4, -0.2) is 32.6 Å². The third-order valence-corrected chi connectivity index (χ3v) is 4.54. The lowest BCUT2D eigenvalue weighted by molar-refractivity contribution is -0.122. The second-order valence-electron chi connectivity index (χ2n) is 6.78. The van der Waals surface area contributed by atoms with Gasteiger partial charge in [-0.3, -0.25) is 4.79 Å². The highest BCUT2D eigenvalue weighted by Crippen LogP contribution is 2.29. The monoisotopic (exact) mass is 418 g/mol. The number of hydrogen-bond acceptors (Lipinski definition) is 7. The number of hydrogen-bond donors (Lipinski definition) is 2. The first kappa shape index (κ1) is 19.8. The summed E-state index contributed by atoms with van der Waals surface area (Å²) >= 11 is 0. The fourth-order valence-electron chi connectivity index (χ4n) is 2.80. The third kappa shape index (κ3) is 4.56. The topological polar surface area (TPSA) is 106 Å². The van der Waals surface area contributed by atoms with Crippen molar-refractivity contribution >= 4 is 11.9 Å². The van der Waals surface area contributed by atoms with Crippen molar-refractivity contribution in [3.63, 3.8) is 0 Å². The van der Waals surface area contributed by atoms with Gasteiger partial charge in [0.2, 0.25) is 11.9 Å². The van der Waals surface area contributed by atoms with Gasteiger partial charge in [-0.15, -0.1) is 10.2 Å². The molecule has 0 saturated heterocycles. The maximum absolute atomic E-state index is 14.3. The molecular formula is C19H17F3N6O2. The summed E-state index contributed by atoms with van der Waals surface area (Å²) < 4.78 is 44.3. The molecular weight excluding hydrogens is 401 g/mol. The van der Waals surface area contributed by atoms with Crippen molar-refractivity contribution in [3.8, 4) is 11.5 Å². The molecule has 1 amide bonds. The minimum Gasteiger partial charge on any atom is -0.415 e. The number of alkyl halides is 2. The Balaban J connectivity index is 1.50. The fraction of sp³-hybridized carbons (Fsp3) is 0.316. The zero-order chi connectivity index (χ0) is 21.1. The van der Waals surface area contributed by atoms with Gasteiger partial charge < -0.3 is 15.1 Å². The van der Waals surface area contributed by atoms with Crippen LogP contribution in [0.5, 0.6) is 0 Å². The highest BCUT2D eigenvalue weighted by atomic mass is 19.3. The summed E-state index contributed by atoms with van der Waals surface area (Å²) in [5.41, 5.74) is 0.601. The highest BCUT2D eigenvalue weighted by Gasteiger charge is 2.30. The fourth-order valence-corrected chi connectivity index (χ4v) is 2.80.